The molecule has 3 N–H and O–H groups in total. The van der Waals surface area contributed by atoms with Crippen molar-refractivity contribution in [2.45, 2.75) is 24.5 Å². The number of anilines is 1. The molecule has 0 aliphatic rings. The van der Waals surface area contributed by atoms with E-state index >= 15 is 0 Å². The second kappa shape index (κ2) is 7.11. The first-order valence-electron chi connectivity index (χ1n) is 8.40. The van der Waals surface area contributed by atoms with E-state index in [4.69, 9.17) is 5.73 Å². The zero-order valence-corrected chi connectivity index (χ0v) is 16.0. The highest BCUT2D eigenvalue weighted by Gasteiger charge is 2.41. The van der Waals surface area contributed by atoms with Crippen molar-refractivity contribution >= 4 is 32.4 Å². The Hall–Kier alpha value is -3.01. The average Bonchev–Trinajstić information content (AvgIpc) is 2.93. The maximum absolute atomic E-state index is 12.9. The molecule has 1 heterocycles. The highest BCUT2D eigenvalue weighted by atomic mass is 32.2. The molecule has 0 bridgehead atoms. The standard InChI is InChI=1S/C19H17F3N2O4S/c1-11-7-8-13-14(15(11)23)17(29(27,28)10-19(20,21)22)16(18(25)26)24(13)9-12-5-3-2-4-6-12/h2-8H,9-10,23H2,1H3,(H,25,26). The first-order chi connectivity index (χ1) is 13.4. The van der Waals surface area contributed by atoms with Crippen LogP contribution in [0, 0.1) is 6.92 Å². The lowest BCUT2D eigenvalue weighted by Crippen LogP contribution is -2.25. The number of nitrogen functional groups attached to an aromatic ring is 1. The first kappa shape index (κ1) is 20.7. The van der Waals surface area contributed by atoms with E-state index in [0.29, 0.717) is 11.1 Å². The molecule has 10 heteroatoms. The Balaban J connectivity index is 2.42. The summed E-state index contributed by atoms with van der Waals surface area (Å²) in [5.74, 6) is -3.84. The summed E-state index contributed by atoms with van der Waals surface area (Å²) in [6.07, 6.45) is -5.04. The van der Waals surface area contributed by atoms with Gasteiger partial charge in [0.05, 0.1) is 5.52 Å². The van der Waals surface area contributed by atoms with Gasteiger partial charge in [0.2, 0.25) is 0 Å². The Kier molecular flexibility index (Phi) is 5.08. The lowest BCUT2D eigenvalue weighted by Gasteiger charge is -2.10. The number of hydrogen-bond acceptors (Lipinski definition) is 4. The summed E-state index contributed by atoms with van der Waals surface area (Å²) in [5.41, 5.74) is 6.39. The maximum Gasteiger partial charge on any atom is 0.403 e. The van der Waals surface area contributed by atoms with Gasteiger partial charge in [-0.2, -0.15) is 13.2 Å². The number of sulfone groups is 1. The van der Waals surface area contributed by atoms with Gasteiger partial charge in [-0.3, -0.25) is 0 Å². The molecule has 0 aliphatic carbocycles. The number of benzene rings is 2. The number of nitrogens with two attached hydrogens (primary N) is 1. The Bertz CT molecular complexity index is 1200. The second-order valence-electron chi connectivity index (χ2n) is 6.62. The van der Waals surface area contributed by atoms with Gasteiger partial charge in [0, 0.05) is 17.6 Å². The van der Waals surface area contributed by atoms with Crippen LogP contribution in [-0.2, 0) is 16.4 Å². The number of carboxylic acids is 1. The summed E-state index contributed by atoms with van der Waals surface area (Å²) in [6.45, 7) is 1.51. The van der Waals surface area contributed by atoms with Crippen molar-refractivity contribution in [3.05, 3.63) is 59.3 Å². The minimum Gasteiger partial charge on any atom is -0.477 e. The zero-order chi connectivity index (χ0) is 21.6. The normalized spacial score (nSPS) is 12.4. The highest BCUT2D eigenvalue weighted by molar-refractivity contribution is 7.91. The molecule has 0 aliphatic heterocycles. The summed E-state index contributed by atoms with van der Waals surface area (Å²) in [5, 5.41) is 9.53. The topological polar surface area (TPSA) is 102 Å². The number of carbonyl (C=O) groups is 1. The van der Waals surface area contributed by atoms with Gasteiger partial charge < -0.3 is 15.4 Å². The van der Waals surface area contributed by atoms with Crippen molar-refractivity contribution in [2.24, 2.45) is 0 Å². The average molecular weight is 426 g/mol. The van der Waals surface area contributed by atoms with E-state index in [-0.39, 0.29) is 23.1 Å². The van der Waals surface area contributed by atoms with Gasteiger partial charge in [0.25, 0.3) is 0 Å². The number of aromatic nitrogens is 1. The van der Waals surface area contributed by atoms with Gasteiger partial charge in [-0.15, -0.1) is 0 Å². The fourth-order valence-corrected chi connectivity index (χ4v) is 4.86. The number of rotatable bonds is 5. The molecule has 3 aromatic rings. The van der Waals surface area contributed by atoms with Gasteiger partial charge in [0.15, 0.2) is 15.6 Å². The Morgan fingerprint density at radius 3 is 2.31 bits per heavy atom. The van der Waals surface area contributed by atoms with Gasteiger partial charge in [-0.05, 0) is 24.1 Å². The second-order valence-corrected chi connectivity index (χ2v) is 8.55. The molecule has 0 radical (unpaired) electrons. The first-order valence-corrected chi connectivity index (χ1v) is 10.1. The summed E-state index contributed by atoms with van der Waals surface area (Å²) in [7, 11) is -5.04. The molecule has 29 heavy (non-hydrogen) atoms. The third kappa shape index (κ3) is 3.93. The van der Waals surface area contributed by atoms with E-state index in [1.807, 2.05) is 0 Å². The third-order valence-electron chi connectivity index (χ3n) is 4.50. The molecule has 0 fully saturated rings. The van der Waals surface area contributed by atoms with Gasteiger partial charge >= 0.3 is 12.1 Å². The third-order valence-corrected chi connectivity index (χ3v) is 6.22. The minimum atomic E-state index is -5.04. The Labute approximate surface area is 164 Å². The molecule has 0 saturated carbocycles. The molecule has 2 aromatic carbocycles. The van der Waals surface area contributed by atoms with Crippen LogP contribution in [0.15, 0.2) is 47.4 Å². The molecule has 0 saturated heterocycles. The van der Waals surface area contributed by atoms with Crippen molar-refractivity contribution in [1.82, 2.24) is 4.57 Å². The quantitative estimate of drug-likeness (QED) is 0.607. The van der Waals surface area contributed by atoms with Gasteiger partial charge in [-0.25, -0.2) is 13.2 Å². The number of aryl methyl sites for hydroxylation is 1. The van der Waals surface area contributed by atoms with E-state index in [0.717, 1.165) is 0 Å². The molecular formula is C19H17F3N2O4S. The molecule has 0 atom stereocenters. The van der Waals surface area contributed by atoms with Crippen molar-refractivity contribution in [3.63, 3.8) is 0 Å². The molecule has 6 nitrogen and oxygen atoms in total. The van der Waals surface area contributed by atoms with Crippen LogP contribution in [0.2, 0.25) is 0 Å². The zero-order valence-electron chi connectivity index (χ0n) is 15.2. The van der Waals surface area contributed by atoms with Crippen molar-refractivity contribution < 1.29 is 31.5 Å². The van der Waals surface area contributed by atoms with Crippen molar-refractivity contribution in [1.29, 1.82) is 0 Å². The van der Waals surface area contributed by atoms with Crippen molar-refractivity contribution in [3.8, 4) is 0 Å². The summed E-state index contributed by atoms with van der Waals surface area (Å²) >= 11 is 0. The smallest absolute Gasteiger partial charge is 0.403 e. The Morgan fingerprint density at radius 1 is 1.14 bits per heavy atom. The number of nitrogens with zero attached hydrogens (tertiary/aromatic N) is 1. The molecule has 0 amide bonds. The molecule has 3 rings (SSSR count). The molecular weight excluding hydrogens is 409 g/mol. The predicted octanol–water partition coefficient (Wildman–Crippen LogP) is 3.61. The van der Waals surface area contributed by atoms with Gasteiger partial charge in [-0.1, -0.05) is 36.4 Å². The fraction of sp³-hybridized carbons (Fsp3) is 0.211. The SMILES string of the molecule is Cc1ccc2c(c1N)c(S(=O)(=O)CC(F)(F)F)c(C(=O)O)n2Cc1ccccc1. The lowest BCUT2D eigenvalue weighted by atomic mass is 10.1. The van der Waals surface area contributed by atoms with Crippen LogP contribution in [0.5, 0.6) is 0 Å². The maximum atomic E-state index is 12.9. The van der Waals surface area contributed by atoms with Crippen LogP contribution >= 0.6 is 0 Å². The predicted molar refractivity (Wildman–Crippen MR) is 102 cm³/mol. The van der Waals surface area contributed by atoms with E-state index in [9.17, 15) is 31.5 Å². The Morgan fingerprint density at radius 2 is 1.76 bits per heavy atom. The largest absolute Gasteiger partial charge is 0.477 e. The van der Waals surface area contributed by atoms with Crippen LogP contribution in [0.3, 0.4) is 0 Å². The number of fused-ring (bicyclic) bond motifs is 1. The number of aromatic carboxylic acids is 1. The van der Waals surface area contributed by atoms with Gasteiger partial charge in [0.1, 0.15) is 10.6 Å². The highest BCUT2D eigenvalue weighted by Crippen LogP contribution is 2.38. The van der Waals surface area contributed by atoms with Crippen LogP contribution < -0.4 is 5.73 Å². The summed E-state index contributed by atoms with van der Waals surface area (Å²) < 4.78 is 65.3. The molecule has 1 aromatic heterocycles. The number of carboxylic acid groups (broad SMARTS) is 1. The minimum absolute atomic E-state index is 0.0526. The van der Waals surface area contributed by atoms with E-state index < -0.39 is 38.3 Å². The van der Waals surface area contributed by atoms with Crippen molar-refractivity contribution in [2.75, 3.05) is 11.5 Å². The summed E-state index contributed by atoms with van der Waals surface area (Å²) in [6, 6.07) is 11.6. The number of halogens is 3. The van der Waals surface area contributed by atoms with Crippen LogP contribution in [0.4, 0.5) is 18.9 Å². The van der Waals surface area contributed by atoms with E-state index in [1.54, 1.807) is 43.3 Å². The summed E-state index contributed by atoms with van der Waals surface area (Å²) in [4.78, 5) is 11.1. The lowest BCUT2D eigenvalue weighted by molar-refractivity contribution is -0.106. The van der Waals surface area contributed by atoms with Crippen LogP contribution in [-0.4, -0.2) is 36.0 Å². The molecule has 0 spiro atoms. The van der Waals surface area contributed by atoms with Crippen LogP contribution in [0.25, 0.3) is 10.9 Å². The molecule has 154 valence electrons. The monoisotopic (exact) mass is 426 g/mol. The van der Waals surface area contributed by atoms with E-state index in [1.165, 1.54) is 10.6 Å². The fourth-order valence-electron chi connectivity index (χ4n) is 3.27. The van der Waals surface area contributed by atoms with E-state index in [2.05, 4.69) is 0 Å². The molecule has 0 unspecified atom stereocenters. The number of hydrogen-bond donors (Lipinski definition) is 2. The van der Waals surface area contributed by atoms with Crippen LogP contribution in [0.1, 0.15) is 21.6 Å². The number of alkyl halides is 3.